The Kier molecular flexibility index (Phi) is 4.96. The fraction of sp³-hybridized carbons (Fsp3) is 0.318. The zero-order valence-corrected chi connectivity index (χ0v) is 17.2. The summed E-state index contributed by atoms with van der Waals surface area (Å²) >= 11 is 0. The first kappa shape index (κ1) is 20.5. The molecule has 1 spiro atoms. The van der Waals surface area contributed by atoms with Crippen molar-refractivity contribution in [1.82, 2.24) is 10.2 Å². The maximum atomic E-state index is 13.8. The molecule has 2 atom stereocenters. The maximum absolute atomic E-state index is 13.8. The van der Waals surface area contributed by atoms with E-state index in [1.54, 1.807) is 18.0 Å². The van der Waals surface area contributed by atoms with E-state index in [0.29, 0.717) is 17.7 Å². The van der Waals surface area contributed by atoms with Crippen molar-refractivity contribution in [3.05, 3.63) is 69.8 Å². The van der Waals surface area contributed by atoms with E-state index in [2.05, 4.69) is 5.32 Å². The highest BCUT2D eigenvalue weighted by molar-refractivity contribution is 6.20. The summed E-state index contributed by atoms with van der Waals surface area (Å²) in [6.07, 6.45) is 0.489. The number of hydrogen-bond acceptors (Lipinski definition) is 6. The lowest BCUT2D eigenvalue weighted by molar-refractivity contribution is -0.384. The number of anilines is 1. The third-order valence-corrected chi connectivity index (χ3v) is 6.04. The second kappa shape index (κ2) is 7.50. The number of imide groups is 2. The van der Waals surface area contributed by atoms with Crippen LogP contribution in [-0.2, 0) is 16.0 Å². The van der Waals surface area contributed by atoms with Crippen LogP contribution in [0.1, 0.15) is 30.5 Å². The van der Waals surface area contributed by atoms with Crippen LogP contribution in [0, 0.1) is 15.5 Å². The molecule has 4 amide bonds. The van der Waals surface area contributed by atoms with Crippen molar-refractivity contribution < 1.29 is 19.3 Å². The molecule has 9 heteroatoms. The summed E-state index contributed by atoms with van der Waals surface area (Å²) in [4.78, 5) is 53.2. The highest BCUT2D eigenvalue weighted by Crippen LogP contribution is 2.51. The minimum absolute atomic E-state index is 0.0495. The predicted octanol–water partition coefficient (Wildman–Crippen LogP) is 2.80. The highest BCUT2D eigenvalue weighted by atomic mass is 16.6. The fourth-order valence-corrected chi connectivity index (χ4v) is 4.71. The fourth-order valence-electron chi connectivity index (χ4n) is 4.71. The van der Waals surface area contributed by atoms with Crippen LogP contribution in [0.25, 0.3) is 0 Å². The largest absolute Gasteiger partial charge is 0.366 e. The second-order valence-corrected chi connectivity index (χ2v) is 7.86. The van der Waals surface area contributed by atoms with Gasteiger partial charge in [0.25, 0.3) is 5.69 Å². The molecule has 160 valence electrons. The summed E-state index contributed by atoms with van der Waals surface area (Å²) in [6.45, 7) is 2.01. The number of nitro benzene ring substituents is 1. The number of nitro groups is 1. The zero-order valence-electron chi connectivity index (χ0n) is 17.2. The summed E-state index contributed by atoms with van der Waals surface area (Å²) in [7, 11) is 1.75. The van der Waals surface area contributed by atoms with Crippen molar-refractivity contribution in [2.45, 2.75) is 25.8 Å². The van der Waals surface area contributed by atoms with Gasteiger partial charge in [-0.05, 0) is 23.6 Å². The van der Waals surface area contributed by atoms with E-state index in [0.717, 1.165) is 10.5 Å². The Balaban J connectivity index is 1.95. The average Bonchev–Trinajstić information content (AvgIpc) is 2.75. The molecule has 0 saturated carbocycles. The molecule has 0 radical (unpaired) electrons. The van der Waals surface area contributed by atoms with Crippen LogP contribution >= 0.6 is 0 Å². The van der Waals surface area contributed by atoms with Crippen LogP contribution in [0.15, 0.2) is 48.5 Å². The normalized spacial score (nSPS) is 23.0. The quantitative estimate of drug-likeness (QED) is 0.461. The molecule has 2 aromatic carbocycles. The molecule has 0 aliphatic carbocycles. The van der Waals surface area contributed by atoms with Crippen molar-refractivity contribution >= 4 is 29.2 Å². The molecule has 4 rings (SSSR count). The van der Waals surface area contributed by atoms with E-state index in [-0.39, 0.29) is 18.7 Å². The van der Waals surface area contributed by atoms with Gasteiger partial charge in [-0.15, -0.1) is 0 Å². The van der Waals surface area contributed by atoms with Gasteiger partial charge in [-0.3, -0.25) is 29.9 Å². The Morgan fingerprint density at radius 3 is 2.52 bits per heavy atom. The molecule has 1 saturated heterocycles. The molecule has 1 N–H and O–H groups in total. The number of carbonyl (C=O) groups is 3. The third kappa shape index (κ3) is 3.04. The van der Waals surface area contributed by atoms with Gasteiger partial charge in [0, 0.05) is 37.8 Å². The number of benzene rings is 2. The Bertz CT molecular complexity index is 1090. The SMILES string of the molecule is CCCN1C(=O)NC(=O)[C@@]2(Cc3cc([N+](=O)[O-])ccc3N(C)[C@@H]2c2ccccc2)C1=O. The molecular weight excluding hydrogens is 400 g/mol. The standard InChI is InChI=1S/C22H22N4O5/c1-3-11-25-20(28)22(19(27)23-21(25)29)13-15-12-16(26(30)31)9-10-17(15)24(2)18(22)14-7-5-4-6-8-14/h4-10,12,18H,3,11,13H2,1-2H3,(H,23,27,29)/t18-,22+/m1/s1. The molecular formula is C22H22N4O5. The van der Waals surface area contributed by atoms with Crippen molar-refractivity contribution in [1.29, 1.82) is 0 Å². The Morgan fingerprint density at radius 1 is 1.16 bits per heavy atom. The number of nitrogens with zero attached hydrogens (tertiary/aromatic N) is 3. The third-order valence-electron chi connectivity index (χ3n) is 6.04. The van der Waals surface area contributed by atoms with Gasteiger partial charge in [0.1, 0.15) is 0 Å². The first-order valence-corrected chi connectivity index (χ1v) is 10.0. The summed E-state index contributed by atoms with van der Waals surface area (Å²) in [5.74, 6) is -1.27. The van der Waals surface area contributed by atoms with Gasteiger partial charge < -0.3 is 4.90 Å². The minimum atomic E-state index is -1.64. The van der Waals surface area contributed by atoms with E-state index in [1.807, 2.05) is 37.3 Å². The number of non-ortho nitro benzene ring substituents is 1. The van der Waals surface area contributed by atoms with Crippen molar-refractivity contribution in [2.75, 3.05) is 18.5 Å². The maximum Gasteiger partial charge on any atom is 0.330 e. The van der Waals surface area contributed by atoms with Crippen LogP contribution in [0.2, 0.25) is 0 Å². The molecule has 0 aromatic heterocycles. The molecule has 2 heterocycles. The smallest absolute Gasteiger partial charge is 0.330 e. The Labute approximate surface area is 178 Å². The number of rotatable bonds is 4. The topological polar surface area (TPSA) is 113 Å². The second-order valence-electron chi connectivity index (χ2n) is 7.86. The lowest BCUT2D eigenvalue weighted by Crippen LogP contribution is -2.69. The minimum Gasteiger partial charge on any atom is -0.366 e. The van der Waals surface area contributed by atoms with Gasteiger partial charge in [0.15, 0.2) is 5.41 Å². The predicted molar refractivity (Wildman–Crippen MR) is 112 cm³/mol. The number of amides is 4. The van der Waals surface area contributed by atoms with Gasteiger partial charge in [0.05, 0.1) is 11.0 Å². The van der Waals surface area contributed by atoms with Gasteiger partial charge in [-0.25, -0.2) is 4.79 Å². The lowest BCUT2D eigenvalue weighted by Gasteiger charge is -2.51. The molecule has 1 fully saturated rings. The van der Waals surface area contributed by atoms with Crippen LogP contribution in [0.5, 0.6) is 0 Å². The summed E-state index contributed by atoms with van der Waals surface area (Å²) in [5.41, 5.74) is 0.193. The number of hydrogen-bond donors (Lipinski definition) is 1. The van der Waals surface area contributed by atoms with Crippen LogP contribution < -0.4 is 10.2 Å². The van der Waals surface area contributed by atoms with Crippen LogP contribution in [0.3, 0.4) is 0 Å². The van der Waals surface area contributed by atoms with Crippen LogP contribution in [0.4, 0.5) is 16.2 Å². The number of urea groups is 1. The average molecular weight is 422 g/mol. The Hall–Kier alpha value is -3.75. The van der Waals surface area contributed by atoms with Crippen LogP contribution in [-0.4, -0.2) is 41.3 Å². The molecule has 2 aliphatic heterocycles. The van der Waals surface area contributed by atoms with E-state index < -0.39 is 34.2 Å². The van der Waals surface area contributed by atoms with Crippen molar-refractivity contribution in [3.63, 3.8) is 0 Å². The lowest BCUT2D eigenvalue weighted by atomic mass is 9.66. The number of barbiturate groups is 1. The van der Waals surface area contributed by atoms with E-state index >= 15 is 0 Å². The van der Waals surface area contributed by atoms with Gasteiger partial charge >= 0.3 is 6.03 Å². The number of nitrogens with one attached hydrogen (secondary N) is 1. The first-order valence-electron chi connectivity index (χ1n) is 10.0. The molecule has 2 aliphatic rings. The molecule has 31 heavy (non-hydrogen) atoms. The summed E-state index contributed by atoms with van der Waals surface area (Å²) in [6, 6.07) is 12.2. The Morgan fingerprint density at radius 2 is 1.87 bits per heavy atom. The van der Waals surface area contributed by atoms with Crippen molar-refractivity contribution in [3.8, 4) is 0 Å². The van der Waals surface area contributed by atoms with E-state index in [1.165, 1.54) is 12.1 Å². The summed E-state index contributed by atoms with van der Waals surface area (Å²) < 4.78 is 0. The number of fused-ring (bicyclic) bond motifs is 1. The van der Waals surface area contributed by atoms with E-state index in [4.69, 9.17) is 0 Å². The molecule has 9 nitrogen and oxygen atoms in total. The summed E-state index contributed by atoms with van der Waals surface area (Å²) in [5, 5.41) is 13.7. The molecule has 0 unspecified atom stereocenters. The van der Waals surface area contributed by atoms with Gasteiger partial charge in [-0.2, -0.15) is 0 Å². The van der Waals surface area contributed by atoms with Gasteiger partial charge in [0.2, 0.25) is 11.8 Å². The first-order chi connectivity index (χ1) is 14.8. The zero-order chi connectivity index (χ0) is 22.3. The monoisotopic (exact) mass is 422 g/mol. The highest BCUT2D eigenvalue weighted by Gasteiger charge is 2.62. The molecule has 2 aromatic rings. The van der Waals surface area contributed by atoms with Crippen molar-refractivity contribution in [2.24, 2.45) is 5.41 Å². The number of carbonyl (C=O) groups excluding carboxylic acids is 3. The van der Waals surface area contributed by atoms with E-state index in [9.17, 15) is 24.5 Å². The molecule has 0 bridgehead atoms. The van der Waals surface area contributed by atoms with Gasteiger partial charge in [-0.1, -0.05) is 37.3 Å².